The molecule has 1 aliphatic carbocycles. The largest absolute Gasteiger partial charge is 0.385 e. The number of amides is 1. The second-order valence-electron chi connectivity index (χ2n) is 8.03. The minimum Gasteiger partial charge on any atom is -0.385 e. The number of halogens is 1. The Morgan fingerprint density at radius 3 is 2.44 bits per heavy atom. The topological polar surface area (TPSA) is 52.6 Å². The van der Waals surface area contributed by atoms with Crippen LogP contribution in [-0.4, -0.2) is 40.6 Å². The fourth-order valence-electron chi connectivity index (χ4n) is 5.14. The van der Waals surface area contributed by atoms with Gasteiger partial charge < -0.3 is 10.4 Å². The van der Waals surface area contributed by atoms with Crippen molar-refractivity contribution in [3.05, 3.63) is 35.6 Å². The summed E-state index contributed by atoms with van der Waals surface area (Å²) < 4.78 is 14.2. The molecule has 1 amide bonds. The van der Waals surface area contributed by atoms with Crippen LogP contribution in [0.15, 0.2) is 24.3 Å². The predicted molar refractivity (Wildman–Crippen MR) is 93.4 cm³/mol. The van der Waals surface area contributed by atoms with Crippen LogP contribution in [-0.2, 0) is 10.4 Å². The lowest BCUT2D eigenvalue weighted by molar-refractivity contribution is -0.126. The van der Waals surface area contributed by atoms with Crippen LogP contribution < -0.4 is 5.32 Å². The number of benzene rings is 1. The molecule has 136 valence electrons. The molecule has 25 heavy (non-hydrogen) atoms. The summed E-state index contributed by atoms with van der Waals surface area (Å²) >= 11 is 0. The second kappa shape index (κ2) is 6.69. The van der Waals surface area contributed by atoms with Gasteiger partial charge in [-0.1, -0.05) is 31.0 Å². The smallest absolute Gasteiger partial charge is 0.234 e. The zero-order valence-electron chi connectivity index (χ0n) is 14.6. The summed E-state index contributed by atoms with van der Waals surface area (Å²) in [5.41, 5.74) is -0.711. The van der Waals surface area contributed by atoms with Gasteiger partial charge in [-0.3, -0.25) is 9.69 Å². The molecular weight excluding hydrogens is 319 g/mol. The van der Waals surface area contributed by atoms with E-state index in [1.807, 2.05) is 0 Å². The lowest BCUT2D eigenvalue weighted by Crippen LogP contribution is -2.53. The number of carbonyl (C=O) groups excluding carboxylic acids is 1. The molecule has 4 nitrogen and oxygen atoms in total. The monoisotopic (exact) mass is 346 g/mol. The van der Waals surface area contributed by atoms with Crippen molar-refractivity contribution in [2.75, 3.05) is 6.54 Å². The van der Waals surface area contributed by atoms with Crippen LogP contribution in [0.2, 0.25) is 0 Å². The Morgan fingerprint density at radius 1 is 1.16 bits per heavy atom. The van der Waals surface area contributed by atoms with E-state index in [1.54, 1.807) is 18.2 Å². The summed E-state index contributed by atoms with van der Waals surface area (Å²) in [5, 5.41) is 14.3. The number of hydrogen-bond donors (Lipinski definition) is 2. The van der Waals surface area contributed by atoms with Crippen LogP contribution in [0.25, 0.3) is 0 Å². The Labute approximate surface area is 148 Å². The van der Waals surface area contributed by atoms with Crippen molar-refractivity contribution in [3.8, 4) is 0 Å². The number of hydrogen-bond acceptors (Lipinski definition) is 3. The highest BCUT2D eigenvalue weighted by Gasteiger charge is 2.49. The van der Waals surface area contributed by atoms with Crippen LogP contribution in [0, 0.1) is 5.82 Å². The number of aliphatic hydroxyl groups is 1. The zero-order chi connectivity index (χ0) is 17.4. The van der Waals surface area contributed by atoms with E-state index in [0.29, 0.717) is 31.0 Å². The SMILES string of the molecule is O=C(CN1C2CCC1CC(O)(c1ccccc1F)C2)NC1CCCC1. The highest BCUT2D eigenvalue weighted by atomic mass is 19.1. The lowest BCUT2D eigenvalue weighted by atomic mass is 9.80. The third-order valence-corrected chi connectivity index (χ3v) is 6.34. The van der Waals surface area contributed by atoms with Crippen LogP contribution >= 0.6 is 0 Å². The third kappa shape index (κ3) is 3.32. The molecular formula is C20H27FN2O2. The average Bonchev–Trinajstić information content (AvgIpc) is 3.15. The molecule has 5 heteroatoms. The molecule has 1 aromatic rings. The quantitative estimate of drug-likeness (QED) is 0.881. The minimum atomic E-state index is -1.12. The third-order valence-electron chi connectivity index (χ3n) is 6.34. The van der Waals surface area contributed by atoms with Crippen molar-refractivity contribution in [3.63, 3.8) is 0 Å². The average molecular weight is 346 g/mol. The maximum Gasteiger partial charge on any atom is 0.234 e. The molecule has 1 saturated carbocycles. The van der Waals surface area contributed by atoms with E-state index in [1.165, 1.54) is 18.9 Å². The van der Waals surface area contributed by atoms with Crippen molar-refractivity contribution < 1.29 is 14.3 Å². The molecule has 3 fully saturated rings. The molecule has 2 unspecified atom stereocenters. The van der Waals surface area contributed by atoms with Gasteiger partial charge in [0.25, 0.3) is 0 Å². The zero-order valence-corrected chi connectivity index (χ0v) is 14.6. The molecule has 2 N–H and O–H groups in total. The summed E-state index contributed by atoms with van der Waals surface area (Å²) in [7, 11) is 0. The Morgan fingerprint density at radius 2 is 1.80 bits per heavy atom. The fraction of sp³-hybridized carbons (Fsp3) is 0.650. The van der Waals surface area contributed by atoms with Crippen LogP contribution in [0.3, 0.4) is 0 Å². The van der Waals surface area contributed by atoms with Gasteiger partial charge in [0.2, 0.25) is 5.91 Å². The fourth-order valence-corrected chi connectivity index (χ4v) is 5.14. The summed E-state index contributed by atoms with van der Waals surface area (Å²) in [6.45, 7) is 0.402. The van der Waals surface area contributed by atoms with E-state index < -0.39 is 5.60 Å². The van der Waals surface area contributed by atoms with Crippen LogP contribution in [0.1, 0.15) is 56.9 Å². The summed E-state index contributed by atoms with van der Waals surface area (Å²) in [6, 6.07) is 7.17. The molecule has 3 aliphatic rings. The molecule has 0 radical (unpaired) electrons. The van der Waals surface area contributed by atoms with Crippen molar-refractivity contribution in [2.24, 2.45) is 0 Å². The van der Waals surface area contributed by atoms with Gasteiger partial charge >= 0.3 is 0 Å². The van der Waals surface area contributed by atoms with Gasteiger partial charge in [0.15, 0.2) is 0 Å². The van der Waals surface area contributed by atoms with Gasteiger partial charge in [-0.15, -0.1) is 0 Å². The van der Waals surface area contributed by atoms with E-state index in [4.69, 9.17) is 0 Å². The standard InChI is InChI=1S/C20H27FN2O2/c21-18-8-4-3-7-17(18)20(25)11-15-9-10-16(12-20)23(15)13-19(24)22-14-5-1-2-6-14/h3-4,7-8,14-16,25H,1-2,5-6,9-13H2,(H,22,24). The number of fused-ring (bicyclic) bond motifs is 2. The molecule has 0 spiro atoms. The number of nitrogens with one attached hydrogen (secondary N) is 1. The van der Waals surface area contributed by atoms with Crippen molar-refractivity contribution in [1.29, 1.82) is 0 Å². The normalized spacial score (nSPS) is 32.9. The summed E-state index contributed by atoms with van der Waals surface area (Å²) in [4.78, 5) is 14.6. The van der Waals surface area contributed by atoms with E-state index in [-0.39, 0.29) is 23.8 Å². The lowest BCUT2D eigenvalue weighted by Gasteiger charge is -2.44. The Balaban J connectivity index is 1.43. The van der Waals surface area contributed by atoms with Gasteiger partial charge in [0.1, 0.15) is 5.82 Å². The maximum atomic E-state index is 14.2. The van der Waals surface area contributed by atoms with E-state index in [0.717, 1.165) is 25.7 Å². The van der Waals surface area contributed by atoms with Gasteiger partial charge in [-0.25, -0.2) is 4.39 Å². The molecule has 0 aromatic heterocycles. The number of carbonyl (C=O) groups is 1. The van der Waals surface area contributed by atoms with Crippen molar-refractivity contribution in [1.82, 2.24) is 10.2 Å². The Kier molecular flexibility index (Phi) is 4.54. The maximum absolute atomic E-state index is 14.2. The van der Waals surface area contributed by atoms with Crippen molar-refractivity contribution in [2.45, 2.75) is 75.1 Å². The highest BCUT2D eigenvalue weighted by molar-refractivity contribution is 5.78. The van der Waals surface area contributed by atoms with Crippen molar-refractivity contribution >= 4 is 5.91 Å². The van der Waals surface area contributed by atoms with Crippen LogP contribution in [0.4, 0.5) is 4.39 Å². The van der Waals surface area contributed by atoms with E-state index >= 15 is 0 Å². The summed E-state index contributed by atoms with van der Waals surface area (Å²) in [6.07, 6.45) is 7.53. The first-order valence-electron chi connectivity index (χ1n) is 9.58. The molecule has 2 saturated heterocycles. The van der Waals surface area contributed by atoms with Gasteiger partial charge in [-0.2, -0.15) is 0 Å². The van der Waals surface area contributed by atoms with E-state index in [9.17, 15) is 14.3 Å². The van der Waals surface area contributed by atoms with Gasteiger partial charge in [0.05, 0.1) is 12.1 Å². The van der Waals surface area contributed by atoms with Gasteiger partial charge in [-0.05, 0) is 44.6 Å². The first-order valence-corrected chi connectivity index (χ1v) is 9.58. The molecule has 2 heterocycles. The molecule has 4 rings (SSSR count). The number of rotatable bonds is 4. The minimum absolute atomic E-state index is 0.0973. The van der Waals surface area contributed by atoms with Crippen LogP contribution in [0.5, 0.6) is 0 Å². The predicted octanol–water partition coefficient (Wildman–Crippen LogP) is 2.70. The number of piperidine rings is 1. The highest BCUT2D eigenvalue weighted by Crippen LogP contribution is 2.46. The summed E-state index contributed by atoms with van der Waals surface area (Å²) in [5.74, 6) is -0.239. The number of nitrogens with zero attached hydrogens (tertiary/aromatic N) is 1. The Bertz CT molecular complexity index is 630. The molecule has 2 aliphatic heterocycles. The molecule has 2 atom stereocenters. The molecule has 1 aromatic carbocycles. The van der Waals surface area contributed by atoms with E-state index in [2.05, 4.69) is 10.2 Å². The van der Waals surface area contributed by atoms with Gasteiger partial charge in [0, 0.05) is 23.7 Å². The molecule has 2 bridgehead atoms. The Hall–Kier alpha value is -1.46. The first-order chi connectivity index (χ1) is 12.0. The first kappa shape index (κ1) is 17.0. The second-order valence-corrected chi connectivity index (χ2v) is 8.03.